The van der Waals surface area contributed by atoms with Crippen molar-refractivity contribution in [1.82, 2.24) is 5.43 Å². The molecular formula is C17H17N3O5. The van der Waals surface area contributed by atoms with Crippen molar-refractivity contribution in [2.45, 2.75) is 6.92 Å². The van der Waals surface area contributed by atoms with E-state index in [1.54, 1.807) is 24.3 Å². The number of rotatable bonds is 7. The Balaban J connectivity index is 2.08. The average Bonchev–Trinajstić information content (AvgIpc) is 2.62. The van der Waals surface area contributed by atoms with E-state index in [1.807, 2.05) is 6.92 Å². The lowest BCUT2D eigenvalue weighted by Crippen LogP contribution is -2.18. The Morgan fingerprint density at radius 1 is 1.28 bits per heavy atom. The summed E-state index contributed by atoms with van der Waals surface area (Å²) < 4.78 is 10.4. The number of ether oxygens (including phenoxy) is 2. The largest absolute Gasteiger partial charge is 0.496 e. The Morgan fingerprint density at radius 3 is 2.60 bits per heavy atom. The number of hydrazone groups is 1. The van der Waals surface area contributed by atoms with Crippen LogP contribution < -0.4 is 14.9 Å². The first-order valence-corrected chi connectivity index (χ1v) is 7.44. The Labute approximate surface area is 144 Å². The van der Waals surface area contributed by atoms with Crippen molar-refractivity contribution < 1.29 is 19.2 Å². The number of amides is 1. The van der Waals surface area contributed by atoms with Crippen LogP contribution in [-0.2, 0) is 0 Å². The molecule has 0 aromatic heterocycles. The number of nitro groups is 1. The van der Waals surface area contributed by atoms with E-state index in [4.69, 9.17) is 9.47 Å². The minimum absolute atomic E-state index is 0.0283. The van der Waals surface area contributed by atoms with E-state index in [9.17, 15) is 14.9 Å². The molecule has 0 radical (unpaired) electrons. The first-order valence-electron chi connectivity index (χ1n) is 7.44. The van der Waals surface area contributed by atoms with Gasteiger partial charge in [-0.2, -0.15) is 5.10 Å². The summed E-state index contributed by atoms with van der Waals surface area (Å²) in [6, 6.07) is 10.9. The topological polar surface area (TPSA) is 103 Å². The number of hydrogen-bond donors (Lipinski definition) is 1. The lowest BCUT2D eigenvalue weighted by molar-refractivity contribution is -0.384. The van der Waals surface area contributed by atoms with Crippen LogP contribution in [0.1, 0.15) is 22.8 Å². The van der Waals surface area contributed by atoms with E-state index in [-0.39, 0.29) is 17.0 Å². The Morgan fingerprint density at radius 2 is 2.00 bits per heavy atom. The highest BCUT2D eigenvalue weighted by molar-refractivity contribution is 5.98. The minimum Gasteiger partial charge on any atom is -0.496 e. The Bertz CT molecular complexity index is 787. The molecule has 0 bridgehead atoms. The number of non-ortho nitro benzene ring substituents is 1. The number of nitro benzene ring substituents is 1. The maximum atomic E-state index is 12.2. The van der Waals surface area contributed by atoms with Gasteiger partial charge >= 0.3 is 0 Å². The van der Waals surface area contributed by atoms with Crippen LogP contribution in [0, 0.1) is 10.1 Å². The summed E-state index contributed by atoms with van der Waals surface area (Å²) >= 11 is 0. The molecule has 2 aromatic carbocycles. The molecule has 1 N–H and O–H groups in total. The Hall–Kier alpha value is -3.42. The highest BCUT2D eigenvalue weighted by atomic mass is 16.6. The van der Waals surface area contributed by atoms with Crippen LogP contribution in [0.3, 0.4) is 0 Å². The van der Waals surface area contributed by atoms with Crippen LogP contribution in [0.25, 0.3) is 0 Å². The van der Waals surface area contributed by atoms with Gasteiger partial charge in [-0.3, -0.25) is 14.9 Å². The lowest BCUT2D eigenvalue weighted by atomic mass is 10.1. The zero-order chi connectivity index (χ0) is 18.2. The molecule has 0 heterocycles. The second-order valence-electron chi connectivity index (χ2n) is 4.84. The van der Waals surface area contributed by atoms with Gasteiger partial charge in [0.15, 0.2) is 0 Å². The molecular weight excluding hydrogens is 326 g/mol. The number of hydrogen-bond acceptors (Lipinski definition) is 6. The van der Waals surface area contributed by atoms with Gasteiger partial charge in [0.2, 0.25) is 0 Å². The van der Waals surface area contributed by atoms with E-state index >= 15 is 0 Å². The maximum Gasteiger partial charge on any atom is 0.275 e. The van der Waals surface area contributed by atoms with Gasteiger partial charge in [-0.05, 0) is 42.8 Å². The van der Waals surface area contributed by atoms with Crippen molar-refractivity contribution in [3.8, 4) is 11.5 Å². The molecule has 0 aliphatic heterocycles. The number of carbonyl (C=O) groups is 1. The van der Waals surface area contributed by atoms with Gasteiger partial charge in [0.05, 0.1) is 30.4 Å². The van der Waals surface area contributed by atoms with Crippen molar-refractivity contribution in [3.05, 3.63) is 63.7 Å². The third-order valence-corrected chi connectivity index (χ3v) is 3.21. The molecule has 0 aliphatic carbocycles. The second-order valence-corrected chi connectivity index (χ2v) is 4.84. The summed E-state index contributed by atoms with van der Waals surface area (Å²) in [6.45, 7) is 2.47. The summed E-state index contributed by atoms with van der Waals surface area (Å²) in [5.41, 5.74) is 2.91. The van der Waals surface area contributed by atoms with Gasteiger partial charge in [0, 0.05) is 12.1 Å². The third kappa shape index (κ3) is 4.77. The monoisotopic (exact) mass is 343 g/mol. The lowest BCUT2D eigenvalue weighted by Gasteiger charge is -2.06. The van der Waals surface area contributed by atoms with Gasteiger partial charge in [-0.1, -0.05) is 0 Å². The van der Waals surface area contributed by atoms with Crippen LogP contribution in [0.4, 0.5) is 5.69 Å². The highest BCUT2D eigenvalue weighted by Crippen LogP contribution is 2.23. The molecule has 1 amide bonds. The number of benzene rings is 2. The van der Waals surface area contributed by atoms with E-state index in [2.05, 4.69) is 10.5 Å². The van der Waals surface area contributed by atoms with E-state index < -0.39 is 10.8 Å². The molecule has 8 nitrogen and oxygen atoms in total. The van der Waals surface area contributed by atoms with Crippen LogP contribution in [0.5, 0.6) is 11.5 Å². The quantitative estimate of drug-likeness (QED) is 0.473. The maximum absolute atomic E-state index is 12.2. The van der Waals surface area contributed by atoms with Gasteiger partial charge in [0.25, 0.3) is 11.6 Å². The predicted molar refractivity (Wildman–Crippen MR) is 92.3 cm³/mol. The van der Waals surface area contributed by atoms with Crippen molar-refractivity contribution in [2.24, 2.45) is 5.10 Å². The minimum atomic E-state index is -0.609. The average molecular weight is 343 g/mol. The van der Waals surface area contributed by atoms with Crippen molar-refractivity contribution in [1.29, 1.82) is 0 Å². The Kier molecular flexibility index (Phi) is 6.05. The molecule has 25 heavy (non-hydrogen) atoms. The van der Waals surface area contributed by atoms with E-state index in [0.29, 0.717) is 6.61 Å². The van der Waals surface area contributed by atoms with Gasteiger partial charge < -0.3 is 9.47 Å². The normalized spacial score (nSPS) is 10.5. The molecule has 8 heteroatoms. The summed E-state index contributed by atoms with van der Waals surface area (Å²) in [5, 5.41) is 14.7. The van der Waals surface area contributed by atoms with Crippen LogP contribution in [0.2, 0.25) is 0 Å². The van der Waals surface area contributed by atoms with Crippen LogP contribution in [-0.4, -0.2) is 30.8 Å². The summed E-state index contributed by atoms with van der Waals surface area (Å²) in [6.07, 6.45) is 1.46. The van der Waals surface area contributed by atoms with E-state index in [0.717, 1.165) is 17.4 Å². The molecule has 2 rings (SSSR count). The zero-order valence-electron chi connectivity index (χ0n) is 13.8. The van der Waals surface area contributed by atoms with Crippen LogP contribution in [0.15, 0.2) is 47.6 Å². The number of nitrogens with one attached hydrogen (secondary N) is 1. The second kappa shape index (κ2) is 8.44. The van der Waals surface area contributed by atoms with Crippen molar-refractivity contribution >= 4 is 17.8 Å². The number of carbonyl (C=O) groups excluding carboxylic acids is 1. The molecule has 0 aliphatic rings. The molecule has 0 fully saturated rings. The van der Waals surface area contributed by atoms with E-state index in [1.165, 1.54) is 25.5 Å². The van der Waals surface area contributed by atoms with Gasteiger partial charge in [0.1, 0.15) is 11.5 Å². The standard InChI is InChI=1S/C17H17N3O5/c1-3-25-14-7-4-12(5-8-14)11-18-19-17(21)15-10-13(20(22)23)6-9-16(15)24-2/h4-11H,3H2,1-2H3,(H,19,21)/b18-11-. The zero-order valence-corrected chi connectivity index (χ0v) is 13.8. The molecule has 0 saturated carbocycles. The van der Waals surface area contributed by atoms with Crippen molar-refractivity contribution in [2.75, 3.05) is 13.7 Å². The number of nitrogens with zero attached hydrogens (tertiary/aromatic N) is 2. The predicted octanol–water partition coefficient (Wildman–Crippen LogP) is 2.77. The van der Waals surface area contributed by atoms with Crippen molar-refractivity contribution in [3.63, 3.8) is 0 Å². The highest BCUT2D eigenvalue weighted by Gasteiger charge is 2.17. The summed E-state index contributed by atoms with van der Waals surface area (Å²) in [7, 11) is 1.38. The third-order valence-electron chi connectivity index (χ3n) is 3.21. The van der Waals surface area contributed by atoms with Crippen LogP contribution >= 0.6 is 0 Å². The van der Waals surface area contributed by atoms with Gasteiger partial charge in [-0.15, -0.1) is 0 Å². The molecule has 130 valence electrons. The SMILES string of the molecule is CCOc1ccc(/C=N\NC(=O)c2cc([N+](=O)[O-])ccc2OC)cc1. The fourth-order valence-corrected chi connectivity index (χ4v) is 2.03. The van der Waals surface area contributed by atoms with Gasteiger partial charge in [-0.25, -0.2) is 5.43 Å². The molecule has 0 unspecified atom stereocenters. The fourth-order valence-electron chi connectivity index (χ4n) is 2.03. The smallest absolute Gasteiger partial charge is 0.275 e. The number of methoxy groups -OCH3 is 1. The summed E-state index contributed by atoms with van der Waals surface area (Å²) in [5.74, 6) is 0.354. The first kappa shape index (κ1) is 17.9. The first-order chi connectivity index (χ1) is 12.0. The molecule has 0 spiro atoms. The molecule has 0 saturated heterocycles. The fraction of sp³-hybridized carbons (Fsp3) is 0.176. The summed E-state index contributed by atoms with van der Waals surface area (Å²) in [4.78, 5) is 22.4. The molecule has 0 atom stereocenters. The molecule has 2 aromatic rings.